The number of hydrogen-bond acceptors (Lipinski definition) is 5. The van der Waals surface area contributed by atoms with Crippen LogP contribution in [-0.4, -0.2) is 10.2 Å². The number of hydrogen-bond donors (Lipinski definition) is 2. The monoisotopic (exact) mass is 482 g/mol. The number of fused-ring (bicyclic) bond motifs is 1. The van der Waals surface area contributed by atoms with Gasteiger partial charge in [0.25, 0.3) is 0 Å². The van der Waals surface area contributed by atoms with Gasteiger partial charge in [-0.05, 0) is 29.8 Å². The molecule has 158 valence electrons. The van der Waals surface area contributed by atoms with Crippen molar-refractivity contribution in [3.63, 3.8) is 0 Å². The Bertz CT molecular complexity index is 1390. The van der Waals surface area contributed by atoms with Crippen LogP contribution in [0.5, 0.6) is 5.88 Å². The molecule has 0 spiro atoms. The summed E-state index contributed by atoms with van der Waals surface area (Å²) in [6.07, 6.45) is 0. The molecule has 4 aromatic rings. The van der Waals surface area contributed by atoms with Crippen molar-refractivity contribution in [3.8, 4) is 34.5 Å². The van der Waals surface area contributed by atoms with Gasteiger partial charge in [0.2, 0.25) is 11.8 Å². The lowest BCUT2D eigenvalue weighted by Gasteiger charge is -2.22. The molecule has 2 aromatic carbocycles. The van der Waals surface area contributed by atoms with Crippen molar-refractivity contribution in [1.29, 1.82) is 5.26 Å². The highest BCUT2D eigenvalue weighted by molar-refractivity contribution is 6.41. The maximum Gasteiger partial charge on any atom is 0.244 e. The summed E-state index contributed by atoms with van der Waals surface area (Å²) in [5.41, 5.74) is 8.99. The maximum absolute atomic E-state index is 9.86. The summed E-state index contributed by atoms with van der Waals surface area (Å²) in [5.74, 6) is 0.504. The minimum Gasteiger partial charge on any atom is -0.460 e. The smallest absolute Gasteiger partial charge is 0.244 e. The number of allylic oxidation sites excluding steroid dienone is 1. The zero-order chi connectivity index (χ0) is 22.4. The van der Waals surface area contributed by atoms with Crippen molar-refractivity contribution < 1.29 is 9.15 Å². The van der Waals surface area contributed by atoms with Crippen molar-refractivity contribution in [2.45, 2.75) is 5.92 Å². The van der Waals surface area contributed by atoms with Crippen molar-refractivity contribution >= 4 is 34.8 Å². The number of ether oxygens (including phenoxy) is 1. The first kappa shape index (κ1) is 20.5. The van der Waals surface area contributed by atoms with Crippen molar-refractivity contribution in [3.05, 3.63) is 92.4 Å². The zero-order valence-corrected chi connectivity index (χ0v) is 18.5. The van der Waals surface area contributed by atoms with Gasteiger partial charge in [-0.25, -0.2) is 0 Å². The first-order chi connectivity index (χ1) is 15.5. The van der Waals surface area contributed by atoms with Crippen molar-refractivity contribution in [2.75, 3.05) is 0 Å². The number of nitrogens with two attached hydrogens (primary N) is 1. The summed E-state index contributed by atoms with van der Waals surface area (Å²) in [6, 6.07) is 18.4. The third-order valence-corrected chi connectivity index (χ3v) is 5.98. The van der Waals surface area contributed by atoms with Crippen LogP contribution >= 0.6 is 34.8 Å². The quantitative estimate of drug-likeness (QED) is 0.346. The Morgan fingerprint density at radius 1 is 1.03 bits per heavy atom. The predicted octanol–water partition coefficient (Wildman–Crippen LogP) is 6.52. The highest BCUT2D eigenvalue weighted by Crippen LogP contribution is 2.47. The molecule has 2 aromatic heterocycles. The molecule has 9 heteroatoms. The highest BCUT2D eigenvalue weighted by atomic mass is 35.5. The fourth-order valence-corrected chi connectivity index (χ4v) is 4.78. The Hall–Kier alpha value is -3.37. The largest absolute Gasteiger partial charge is 0.460 e. The SMILES string of the molecule is N#CC1=C(N)Oc2n[nH]c(-c3ccccc3)c2[C@@H]1c1ccc(-c2c(Cl)cc(Cl)cc2Cl)o1. The van der Waals surface area contributed by atoms with Gasteiger partial charge in [-0.1, -0.05) is 65.1 Å². The van der Waals surface area contributed by atoms with Gasteiger partial charge >= 0.3 is 0 Å². The first-order valence-electron chi connectivity index (χ1n) is 9.44. The lowest BCUT2D eigenvalue weighted by Crippen LogP contribution is -2.20. The number of H-pyrrole nitrogens is 1. The molecule has 0 saturated carbocycles. The van der Waals surface area contributed by atoms with E-state index in [0.717, 1.165) is 5.56 Å². The number of benzene rings is 2. The molecule has 0 aliphatic carbocycles. The summed E-state index contributed by atoms with van der Waals surface area (Å²) in [7, 11) is 0. The summed E-state index contributed by atoms with van der Waals surface area (Å²) in [5, 5.41) is 18.2. The van der Waals surface area contributed by atoms with Crippen molar-refractivity contribution in [1.82, 2.24) is 10.2 Å². The predicted molar refractivity (Wildman–Crippen MR) is 122 cm³/mol. The zero-order valence-electron chi connectivity index (χ0n) is 16.2. The Morgan fingerprint density at radius 3 is 2.44 bits per heavy atom. The van der Waals surface area contributed by atoms with Gasteiger partial charge < -0.3 is 14.9 Å². The number of furan rings is 1. The molecule has 0 bridgehead atoms. The molecule has 0 fully saturated rings. The van der Waals surface area contributed by atoms with Gasteiger partial charge in [0, 0.05) is 5.02 Å². The van der Waals surface area contributed by atoms with Crippen LogP contribution in [0.25, 0.3) is 22.6 Å². The number of nitrogens with one attached hydrogen (secondary N) is 1. The fourth-order valence-electron chi connectivity index (χ4n) is 3.77. The molecule has 3 N–H and O–H groups in total. The second-order valence-electron chi connectivity index (χ2n) is 7.05. The highest BCUT2D eigenvalue weighted by Gasteiger charge is 2.37. The van der Waals surface area contributed by atoms with Crippen LogP contribution in [0.3, 0.4) is 0 Å². The molecule has 0 radical (unpaired) electrons. The standard InChI is InChI=1S/C23H13Cl3N4O2/c24-12-8-14(25)19(15(26)9-12)17-7-6-16(31-17)18-13(10-27)22(28)32-23-20(18)21(29-30-23)11-4-2-1-3-5-11/h1-9,18H,28H2,(H,29,30)/t18-/m0/s1. The van der Waals surface area contributed by atoms with Crippen LogP contribution in [0.1, 0.15) is 17.2 Å². The minimum atomic E-state index is -0.642. The van der Waals surface area contributed by atoms with E-state index < -0.39 is 5.92 Å². The topological polar surface area (TPSA) is 101 Å². The number of nitrogens with zero attached hydrogens (tertiary/aromatic N) is 2. The fraction of sp³-hybridized carbons (Fsp3) is 0.0435. The first-order valence-corrected chi connectivity index (χ1v) is 10.6. The van der Waals surface area contributed by atoms with E-state index in [1.807, 2.05) is 30.3 Å². The van der Waals surface area contributed by atoms with Crippen LogP contribution in [0, 0.1) is 11.3 Å². The molecular weight excluding hydrogens is 471 g/mol. The van der Waals surface area contributed by atoms with Gasteiger partial charge in [-0.3, -0.25) is 5.10 Å². The molecule has 1 atom stereocenters. The van der Waals surface area contributed by atoms with E-state index in [0.29, 0.717) is 43.4 Å². The third kappa shape index (κ3) is 3.32. The van der Waals surface area contributed by atoms with E-state index in [2.05, 4.69) is 16.3 Å². The van der Waals surface area contributed by atoms with E-state index in [-0.39, 0.29) is 17.3 Å². The van der Waals surface area contributed by atoms with Gasteiger partial charge in [0.1, 0.15) is 23.2 Å². The van der Waals surface area contributed by atoms with Crippen LogP contribution in [0.4, 0.5) is 0 Å². The average Bonchev–Trinajstić information content (AvgIpc) is 3.40. The number of rotatable bonds is 3. The normalized spacial score (nSPS) is 15.2. The Labute approximate surface area is 197 Å². The Kier molecular flexibility index (Phi) is 5.10. The molecular formula is C23H13Cl3N4O2. The lowest BCUT2D eigenvalue weighted by atomic mass is 9.86. The average molecular weight is 484 g/mol. The second kappa shape index (κ2) is 7.95. The van der Waals surface area contributed by atoms with Gasteiger partial charge in [-0.2, -0.15) is 5.26 Å². The number of nitriles is 1. The molecule has 3 heterocycles. The van der Waals surface area contributed by atoms with E-state index in [1.54, 1.807) is 24.3 Å². The molecule has 6 nitrogen and oxygen atoms in total. The summed E-state index contributed by atoms with van der Waals surface area (Å²) < 4.78 is 11.8. The maximum atomic E-state index is 9.86. The van der Waals surface area contributed by atoms with Crippen LogP contribution in [0.15, 0.2) is 70.5 Å². The second-order valence-corrected chi connectivity index (χ2v) is 8.31. The molecule has 0 unspecified atom stereocenters. The molecule has 1 aliphatic rings. The van der Waals surface area contributed by atoms with Crippen LogP contribution in [0.2, 0.25) is 15.1 Å². The lowest BCUT2D eigenvalue weighted by molar-refractivity contribution is 0.372. The van der Waals surface area contributed by atoms with Gasteiger partial charge in [0.15, 0.2) is 0 Å². The van der Waals surface area contributed by atoms with E-state index in [9.17, 15) is 5.26 Å². The van der Waals surface area contributed by atoms with Crippen LogP contribution < -0.4 is 10.5 Å². The van der Waals surface area contributed by atoms with E-state index >= 15 is 0 Å². The van der Waals surface area contributed by atoms with Crippen molar-refractivity contribution in [2.24, 2.45) is 5.73 Å². The van der Waals surface area contributed by atoms with E-state index in [1.165, 1.54) is 0 Å². The Morgan fingerprint density at radius 2 is 1.75 bits per heavy atom. The summed E-state index contributed by atoms with van der Waals surface area (Å²) in [4.78, 5) is 0. The van der Waals surface area contributed by atoms with Gasteiger partial charge in [-0.15, -0.1) is 5.10 Å². The number of aromatic amines is 1. The van der Waals surface area contributed by atoms with E-state index in [4.69, 9.17) is 49.7 Å². The minimum absolute atomic E-state index is 0.0309. The number of halogens is 3. The van der Waals surface area contributed by atoms with Crippen LogP contribution in [-0.2, 0) is 0 Å². The molecule has 0 amide bonds. The molecule has 32 heavy (non-hydrogen) atoms. The molecule has 0 saturated heterocycles. The summed E-state index contributed by atoms with van der Waals surface area (Å²) in [6.45, 7) is 0. The van der Waals surface area contributed by atoms with Gasteiger partial charge in [0.05, 0.1) is 32.8 Å². The molecule has 5 rings (SSSR count). The Balaban J connectivity index is 1.68. The summed E-state index contributed by atoms with van der Waals surface area (Å²) >= 11 is 18.8. The number of aromatic nitrogens is 2. The molecule has 1 aliphatic heterocycles. The third-order valence-electron chi connectivity index (χ3n) is 5.17.